The van der Waals surface area contributed by atoms with Crippen LogP contribution in [-0.4, -0.2) is 6.21 Å². The van der Waals surface area contributed by atoms with Gasteiger partial charge in [-0.2, -0.15) is 0 Å². The summed E-state index contributed by atoms with van der Waals surface area (Å²) in [5.74, 6) is 1.35. The van der Waals surface area contributed by atoms with Crippen LogP contribution in [0.15, 0.2) is 76.3 Å². The highest BCUT2D eigenvalue weighted by Gasteiger charge is 1.97. The molecule has 3 aromatic rings. The summed E-state index contributed by atoms with van der Waals surface area (Å²) in [6.07, 6.45) is 3.43. The summed E-state index contributed by atoms with van der Waals surface area (Å²) in [4.78, 5) is 4.32. The van der Waals surface area contributed by atoms with E-state index < -0.39 is 0 Å². The van der Waals surface area contributed by atoms with Crippen molar-refractivity contribution in [2.75, 3.05) is 0 Å². The van der Waals surface area contributed by atoms with Crippen LogP contribution in [-0.2, 0) is 13.2 Å². The Labute approximate surface area is 134 Å². The lowest BCUT2D eigenvalue weighted by Crippen LogP contribution is -1.95. The highest BCUT2D eigenvalue weighted by Crippen LogP contribution is 2.14. The number of benzene rings is 2. The van der Waals surface area contributed by atoms with Gasteiger partial charge in [0.15, 0.2) is 0 Å². The molecule has 3 nitrogen and oxygen atoms in total. The molecule has 3 rings (SSSR count). The Morgan fingerprint density at radius 1 is 1.00 bits per heavy atom. The Balaban J connectivity index is 1.52. The molecule has 0 bridgehead atoms. The molecule has 0 aliphatic carbocycles. The van der Waals surface area contributed by atoms with E-state index in [-0.39, 0.29) is 5.82 Å². The van der Waals surface area contributed by atoms with Crippen LogP contribution in [0, 0.1) is 5.82 Å². The zero-order valence-electron chi connectivity index (χ0n) is 12.5. The Morgan fingerprint density at radius 3 is 2.48 bits per heavy atom. The number of rotatable bonds is 6. The smallest absolute Gasteiger partial charge is 0.125 e. The van der Waals surface area contributed by atoms with Crippen LogP contribution in [0.4, 0.5) is 4.39 Å². The van der Waals surface area contributed by atoms with Gasteiger partial charge in [-0.15, -0.1) is 0 Å². The van der Waals surface area contributed by atoms with Gasteiger partial charge >= 0.3 is 0 Å². The molecule has 0 amide bonds. The molecule has 4 heteroatoms. The summed E-state index contributed by atoms with van der Waals surface area (Å²) in [7, 11) is 0. The van der Waals surface area contributed by atoms with Gasteiger partial charge in [0.05, 0.1) is 12.8 Å². The molecule has 0 fully saturated rings. The maximum atomic E-state index is 12.8. The molecule has 0 radical (unpaired) electrons. The van der Waals surface area contributed by atoms with E-state index in [4.69, 9.17) is 9.15 Å². The lowest BCUT2D eigenvalue weighted by atomic mass is 10.2. The molecular formula is C19H16FNO2. The largest absolute Gasteiger partial charge is 0.489 e. The number of aliphatic imine (C=N–C) groups is 1. The molecule has 0 saturated carbocycles. The molecule has 116 valence electrons. The Hall–Kier alpha value is -2.88. The van der Waals surface area contributed by atoms with Gasteiger partial charge in [0, 0.05) is 6.21 Å². The van der Waals surface area contributed by atoms with E-state index in [0.717, 1.165) is 22.6 Å². The third-order valence-electron chi connectivity index (χ3n) is 3.27. The van der Waals surface area contributed by atoms with Crippen molar-refractivity contribution in [3.8, 4) is 5.75 Å². The molecule has 0 atom stereocenters. The van der Waals surface area contributed by atoms with Crippen molar-refractivity contribution in [2.24, 2.45) is 4.99 Å². The predicted molar refractivity (Wildman–Crippen MR) is 87.2 cm³/mol. The first kappa shape index (κ1) is 15.0. The summed E-state index contributed by atoms with van der Waals surface area (Å²) in [5.41, 5.74) is 1.92. The fourth-order valence-corrected chi connectivity index (χ4v) is 2.04. The van der Waals surface area contributed by atoms with Crippen LogP contribution in [0.1, 0.15) is 16.9 Å². The van der Waals surface area contributed by atoms with E-state index in [9.17, 15) is 4.39 Å². The monoisotopic (exact) mass is 309 g/mol. The molecule has 0 spiro atoms. The van der Waals surface area contributed by atoms with Crippen molar-refractivity contribution in [1.82, 2.24) is 0 Å². The quantitative estimate of drug-likeness (QED) is 0.623. The predicted octanol–water partition coefficient (Wildman–Crippen LogP) is 4.62. The van der Waals surface area contributed by atoms with E-state index in [1.807, 2.05) is 36.4 Å². The molecule has 2 aromatic carbocycles. The highest BCUT2D eigenvalue weighted by molar-refractivity contribution is 5.79. The zero-order valence-corrected chi connectivity index (χ0v) is 12.5. The van der Waals surface area contributed by atoms with Gasteiger partial charge in [0.25, 0.3) is 0 Å². The molecule has 0 unspecified atom stereocenters. The highest BCUT2D eigenvalue weighted by atomic mass is 19.1. The fourth-order valence-electron chi connectivity index (χ4n) is 2.04. The summed E-state index contributed by atoms with van der Waals surface area (Å²) in [5, 5.41) is 0. The minimum absolute atomic E-state index is 0.244. The SMILES string of the molecule is Fc1ccc(COc2ccc(C=NCc3ccco3)cc2)cc1. The third kappa shape index (κ3) is 4.54. The molecule has 1 aromatic heterocycles. The molecule has 0 N–H and O–H groups in total. The van der Waals surface area contributed by atoms with E-state index >= 15 is 0 Å². The standard InChI is InChI=1S/C19H16FNO2/c20-17-7-3-16(4-8-17)14-23-18-9-5-15(6-10-18)12-21-13-19-2-1-11-22-19/h1-12H,13-14H2. The average Bonchev–Trinajstić information content (AvgIpc) is 3.09. The molecule has 0 saturated heterocycles. The van der Waals surface area contributed by atoms with E-state index in [1.54, 1.807) is 24.6 Å². The van der Waals surface area contributed by atoms with Crippen LogP contribution in [0.25, 0.3) is 0 Å². The Kier molecular flexibility index (Phi) is 4.84. The summed E-state index contributed by atoms with van der Waals surface area (Å²) in [6, 6.07) is 17.7. The molecule has 0 aliphatic rings. The number of hydrogen-bond acceptors (Lipinski definition) is 3. The van der Waals surface area contributed by atoms with Crippen LogP contribution >= 0.6 is 0 Å². The van der Waals surface area contributed by atoms with Gasteiger partial charge in [0.2, 0.25) is 0 Å². The number of furan rings is 1. The Morgan fingerprint density at radius 2 is 1.78 bits per heavy atom. The van der Waals surface area contributed by atoms with Crippen molar-refractivity contribution in [1.29, 1.82) is 0 Å². The first-order valence-electron chi connectivity index (χ1n) is 7.29. The van der Waals surface area contributed by atoms with Crippen molar-refractivity contribution in [3.63, 3.8) is 0 Å². The van der Waals surface area contributed by atoms with Gasteiger partial charge in [-0.25, -0.2) is 4.39 Å². The van der Waals surface area contributed by atoms with Crippen LogP contribution < -0.4 is 4.74 Å². The molecular weight excluding hydrogens is 293 g/mol. The molecule has 1 heterocycles. The van der Waals surface area contributed by atoms with E-state index in [2.05, 4.69) is 4.99 Å². The van der Waals surface area contributed by atoms with E-state index in [1.165, 1.54) is 12.1 Å². The fraction of sp³-hybridized carbons (Fsp3) is 0.105. The van der Waals surface area contributed by atoms with Crippen molar-refractivity contribution in [3.05, 3.63) is 89.6 Å². The van der Waals surface area contributed by atoms with Gasteiger partial charge in [-0.05, 0) is 59.7 Å². The topological polar surface area (TPSA) is 34.7 Å². The second kappa shape index (κ2) is 7.40. The summed E-state index contributed by atoms with van der Waals surface area (Å²) in [6.45, 7) is 0.933. The number of hydrogen-bond donors (Lipinski definition) is 0. The minimum Gasteiger partial charge on any atom is -0.489 e. The van der Waals surface area contributed by atoms with Gasteiger partial charge in [-0.1, -0.05) is 12.1 Å². The molecule has 23 heavy (non-hydrogen) atoms. The summed E-state index contributed by atoms with van der Waals surface area (Å²) < 4.78 is 23.7. The zero-order chi connectivity index (χ0) is 15.9. The first-order chi connectivity index (χ1) is 11.3. The van der Waals surface area contributed by atoms with Gasteiger partial charge in [0.1, 0.15) is 23.9 Å². The van der Waals surface area contributed by atoms with Crippen LogP contribution in [0.3, 0.4) is 0 Å². The number of nitrogens with zero attached hydrogens (tertiary/aromatic N) is 1. The lowest BCUT2D eigenvalue weighted by Gasteiger charge is -2.06. The maximum Gasteiger partial charge on any atom is 0.125 e. The third-order valence-corrected chi connectivity index (χ3v) is 3.27. The minimum atomic E-state index is -0.244. The van der Waals surface area contributed by atoms with Crippen molar-refractivity contribution in [2.45, 2.75) is 13.2 Å². The lowest BCUT2D eigenvalue weighted by molar-refractivity contribution is 0.306. The number of ether oxygens (including phenoxy) is 1. The summed E-state index contributed by atoms with van der Waals surface area (Å²) >= 11 is 0. The molecule has 0 aliphatic heterocycles. The average molecular weight is 309 g/mol. The normalized spacial score (nSPS) is 11.0. The number of halogens is 1. The van der Waals surface area contributed by atoms with Crippen molar-refractivity contribution < 1.29 is 13.5 Å². The Bertz CT molecular complexity index is 747. The first-order valence-corrected chi connectivity index (χ1v) is 7.29. The maximum absolute atomic E-state index is 12.8. The van der Waals surface area contributed by atoms with Crippen LogP contribution in [0.2, 0.25) is 0 Å². The van der Waals surface area contributed by atoms with E-state index in [0.29, 0.717) is 13.2 Å². The van der Waals surface area contributed by atoms with Gasteiger partial charge < -0.3 is 9.15 Å². The van der Waals surface area contributed by atoms with Crippen LogP contribution in [0.5, 0.6) is 5.75 Å². The second-order valence-corrected chi connectivity index (χ2v) is 5.03. The van der Waals surface area contributed by atoms with Gasteiger partial charge in [-0.3, -0.25) is 4.99 Å². The second-order valence-electron chi connectivity index (χ2n) is 5.03. The van der Waals surface area contributed by atoms with Crippen molar-refractivity contribution >= 4 is 6.21 Å².